The van der Waals surface area contributed by atoms with Crippen molar-refractivity contribution in [1.29, 1.82) is 0 Å². The molecule has 1 saturated carbocycles. The first-order valence-electron chi connectivity index (χ1n) is 8.24. The Labute approximate surface area is 142 Å². The predicted molar refractivity (Wildman–Crippen MR) is 92.6 cm³/mol. The van der Waals surface area contributed by atoms with Gasteiger partial charge in [-0.25, -0.2) is 4.68 Å². The molecule has 6 nitrogen and oxygen atoms in total. The second-order valence-corrected chi connectivity index (χ2v) is 6.40. The molecule has 0 spiro atoms. The SMILES string of the molecule is COc1cn(-c2ccccc2)nc1C(=O)NCC(C1CC1)N(C)C. The van der Waals surface area contributed by atoms with Crippen molar-refractivity contribution in [3.8, 4) is 11.4 Å². The van der Waals surface area contributed by atoms with Crippen LogP contribution >= 0.6 is 0 Å². The Kier molecular flexibility index (Phi) is 4.85. The highest BCUT2D eigenvalue weighted by Gasteiger charge is 2.33. The van der Waals surface area contributed by atoms with Crippen molar-refractivity contribution in [2.24, 2.45) is 5.92 Å². The summed E-state index contributed by atoms with van der Waals surface area (Å²) in [4.78, 5) is 14.7. The van der Waals surface area contributed by atoms with E-state index in [0.717, 1.165) is 5.69 Å². The molecule has 1 aliphatic rings. The van der Waals surface area contributed by atoms with Crippen LogP contribution in [0.4, 0.5) is 0 Å². The fraction of sp³-hybridized carbons (Fsp3) is 0.444. The van der Waals surface area contributed by atoms with Crippen LogP contribution in [0.1, 0.15) is 23.3 Å². The molecule has 128 valence electrons. The molecule has 0 saturated heterocycles. The maximum absolute atomic E-state index is 12.6. The molecule has 1 fully saturated rings. The molecule has 0 radical (unpaired) electrons. The third kappa shape index (κ3) is 3.59. The van der Waals surface area contributed by atoms with E-state index in [2.05, 4.69) is 29.4 Å². The molecule has 1 amide bonds. The zero-order valence-corrected chi connectivity index (χ0v) is 14.4. The van der Waals surface area contributed by atoms with E-state index in [1.807, 2.05) is 30.3 Å². The van der Waals surface area contributed by atoms with E-state index in [1.165, 1.54) is 12.8 Å². The highest BCUT2D eigenvalue weighted by Crippen LogP contribution is 2.34. The largest absolute Gasteiger partial charge is 0.493 e. The number of nitrogens with one attached hydrogen (secondary N) is 1. The standard InChI is InChI=1S/C18H24N4O2/c1-21(2)15(13-9-10-13)11-19-18(23)17-16(24-3)12-22(20-17)14-7-5-4-6-8-14/h4-8,12-13,15H,9-11H2,1-3H3,(H,19,23). The van der Waals surface area contributed by atoms with Gasteiger partial charge < -0.3 is 15.0 Å². The molecular formula is C18H24N4O2. The number of para-hydroxylation sites is 1. The fourth-order valence-electron chi connectivity index (χ4n) is 2.91. The van der Waals surface area contributed by atoms with Crippen LogP contribution in [0.5, 0.6) is 5.75 Å². The molecule has 3 rings (SSSR count). The van der Waals surface area contributed by atoms with Crippen LogP contribution in [0.15, 0.2) is 36.5 Å². The minimum absolute atomic E-state index is 0.200. The second kappa shape index (κ2) is 7.05. The predicted octanol–water partition coefficient (Wildman–Crippen LogP) is 1.95. The number of amides is 1. The summed E-state index contributed by atoms with van der Waals surface area (Å²) in [6.45, 7) is 0.623. The number of carbonyl (C=O) groups excluding carboxylic acids is 1. The van der Waals surface area contributed by atoms with Gasteiger partial charge in [0.2, 0.25) is 0 Å². The lowest BCUT2D eigenvalue weighted by atomic mass is 10.1. The minimum atomic E-state index is -0.200. The molecule has 1 atom stereocenters. The lowest BCUT2D eigenvalue weighted by Crippen LogP contribution is -2.41. The van der Waals surface area contributed by atoms with Crippen molar-refractivity contribution < 1.29 is 9.53 Å². The van der Waals surface area contributed by atoms with Crippen molar-refractivity contribution in [2.45, 2.75) is 18.9 Å². The van der Waals surface area contributed by atoms with Gasteiger partial charge in [0.15, 0.2) is 11.4 Å². The molecule has 0 aliphatic heterocycles. The van der Waals surface area contributed by atoms with E-state index in [0.29, 0.717) is 29.9 Å². The summed E-state index contributed by atoms with van der Waals surface area (Å²) in [6.07, 6.45) is 4.21. The zero-order chi connectivity index (χ0) is 17.1. The van der Waals surface area contributed by atoms with E-state index >= 15 is 0 Å². The smallest absolute Gasteiger partial charge is 0.275 e. The number of benzene rings is 1. The third-order valence-electron chi connectivity index (χ3n) is 4.44. The Morgan fingerprint density at radius 2 is 2.08 bits per heavy atom. The van der Waals surface area contributed by atoms with E-state index in [4.69, 9.17) is 4.74 Å². The number of nitrogens with zero attached hydrogens (tertiary/aromatic N) is 3. The molecule has 6 heteroatoms. The van der Waals surface area contributed by atoms with Gasteiger partial charge in [0, 0.05) is 12.6 Å². The summed E-state index contributed by atoms with van der Waals surface area (Å²) in [5.74, 6) is 0.960. The van der Waals surface area contributed by atoms with Gasteiger partial charge in [-0.15, -0.1) is 0 Å². The fourth-order valence-corrected chi connectivity index (χ4v) is 2.91. The Bertz CT molecular complexity index is 690. The normalized spacial score (nSPS) is 15.3. The molecule has 1 aromatic carbocycles. The van der Waals surface area contributed by atoms with E-state index in [9.17, 15) is 4.79 Å². The number of methoxy groups -OCH3 is 1. The first-order valence-corrected chi connectivity index (χ1v) is 8.24. The van der Waals surface area contributed by atoms with Crippen molar-refractivity contribution in [3.05, 3.63) is 42.2 Å². The van der Waals surface area contributed by atoms with Crippen LogP contribution in [-0.4, -0.2) is 54.4 Å². The maximum Gasteiger partial charge on any atom is 0.275 e. The molecule has 1 unspecified atom stereocenters. The van der Waals surface area contributed by atoms with Crippen LogP contribution in [0.2, 0.25) is 0 Å². The molecule has 1 heterocycles. The Morgan fingerprint density at radius 1 is 1.38 bits per heavy atom. The number of hydrogen-bond acceptors (Lipinski definition) is 4. The number of aromatic nitrogens is 2. The van der Waals surface area contributed by atoms with Gasteiger partial charge in [-0.05, 0) is 45.0 Å². The quantitative estimate of drug-likeness (QED) is 0.844. The van der Waals surface area contributed by atoms with Gasteiger partial charge in [-0.1, -0.05) is 18.2 Å². The Balaban J connectivity index is 1.73. The summed E-state index contributed by atoms with van der Waals surface area (Å²) in [5, 5.41) is 7.41. The molecule has 24 heavy (non-hydrogen) atoms. The van der Waals surface area contributed by atoms with Gasteiger partial charge in [-0.3, -0.25) is 4.79 Å². The molecule has 2 aromatic rings. The second-order valence-electron chi connectivity index (χ2n) is 6.40. The summed E-state index contributed by atoms with van der Waals surface area (Å²) < 4.78 is 6.99. The van der Waals surface area contributed by atoms with Crippen LogP contribution in [0.25, 0.3) is 5.69 Å². The van der Waals surface area contributed by atoms with Crippen LogP contribution < -0.4 is 10.1 Å². The monoisotopic (exact) mass is 328 g/mol. The lowest BCUT2D eigenvalue weighted by Gasteiger charge is -2.24. The topological polar surface area (TPSA) is 59.4 Å². The van der Waals surface area contributed by atoms with Gasteiger partial charge in [0.25, 0.3) is 5.91 Å². The minimum Gasteiger partial charge on any atom is -0.493 e. The van der Waals surface area contributed by atoms with Crippen molar-refractivity contribution >= 4 is 5.91 Å². The number of carbonyl (C=O) groups is 1. The lowest BCUT2D eigenvalue weighted by molar-refractivity contribution is 0.0930. The summed E-state index contributed by atoms with van der Waals surface area (Å²) in [6, 6.07) is 10.0. The highest BCUT2D eigenvalue weighted by molar-refractivity contribution is 5.95. The van der Waals surface area contributed by atoms with Crippen LogP contribution in [0.3, 0.4) is 0 Å². The molecular weight excluding hydrogens is 304 g/mol. The van der Waals surface area contributed by atoms with Crippen molar-refractivity contribution in [2.75, 3.05) is 27.7 Å². The van der Waals surface area contributed by atoms with Crippen LogP contribution in [-0.2, 0) is 0 Å². The highest BCUT2D eigenvalue weighted by atomic mass is 16.5. The summed E-state index contributed by atoms with van der Waals surface area (Å²) in [5.41, 5.74) is 1.20. The Morgan fingerprint density at radius 3 is 2.67 bits per heavy atom. The van der Waals surface area contributed by atoms with Gasteiger partial charge in [0.1, 0.15) is 0 Å². The first kappa shape index (κ1) is 16.5. The van der Waals surface area contributed by atoms with Gasteiger partial charge in [0.05, 0.1) is 19.0 Å². The van der Waals surface area contributed by atoms with Crippen molar-refractivity contribution in [1.82, 2.24) is 20.0 Å². The summed E-state index contributed by atoms with van der Waals surface area (Å²) in [7, 11) is 5.66. The van der Waals surface area contributed by atoms with Crippen molar-refractivity contribution in [3.63, 3.8) is 0 Å². The summed E-state index contributed by atoms with van der Waals surface area (Å²) >= 11 is 0. The Hall–Kier alpha value is -2.34. The molecule has 1 N–H and O–H groups in total. The van der Waals surface area contributed by atoms with E-state index < -0.39 is 0 Å². The van der Waals surface area contributed by atoms with Crippen LogP contribution in [0, 0.1) is 5.92 Å². The molecule has 0 bridgehead atoms. The average molecular weight is 328 g/mol. The maximum atomic E-state index is 12.6. The van der Waals surface area contributed by atoms with Gasteiger partial charge >= 0.3 is 0 Å². The first-order chi connectivity index (χ1) is 11.6. The van der Waals surface area contributed by atoms with E-state index in [1.54, 1.807) is 18.0 Å². The number of ether oxygens (including phenoxy) is 1. The number of rotatable bonds is 7. The van der Waals surface area contributed by atoms with Gasteiger partial charge in [-0.2, -0.15) is 5.10 Å². The molecule has 1 aliphatic carbocycles. The zero-order valence-electron chi connectivity index (χ0n) is 14.4. The van der Waals surface area contributed by atoms with E-state index in [-0.39, 0.29) is 5.91 Å². The number of likely N-dealkylation sites (N-methyl/N-ethyl adjacent to an activating group) is 1. The molecule has 1 aromatic heterocycles. The average Bonchev–Trinajstić information content (AvgIpc) is 3.32. The number of hydrogen-bond donors (Lipinski definition) is 1. The third-order valence-corrected chi connectivity index (χ3v) is 4.44.